The number of ether oxygens (including phenoxy) is 1. The molecule has 0 aliphatic carbocycles. The quantitative estimate of drug-likeness (QED) is 0.586. The number of carbonyl (C=O) groups excluding carboxylic acids is 4. The summed E-state index contributed by atoms with van der Waals surface area (Å²) in [6.07, 6.45) is 1.69. The van der Waals surface area contributed by atoms with Gasteiger partial charge in [-0.2, -0.15) is 0 Å². The number of likely N-dealkylation sites (N-methyl/N-ethyl adjacent to an activating group) is 1. The monoisotopic (exact) mass is 428 g/mol. The number of aryl methyl sites for hydroxylation is 1. The van der Waals surface area contributed by atoms with E-state index in [2.05, 4.69) is 15.5 Å². The maximum Gasteiger partial charge on any atom is 0.262 e. The second-order valence-corrected chi connectivity index (χ2v) is 8.22. The summed E-state index contributed by atoms with van der Waals surface area (Å²) in [5, 5.41) is 5.38. The van der Waals surface area contributed by atoms with E-state index < -0.39 is 23.8 Å². The van der Waals surface area contributed by atoms with E-state index in [0.29, 0.717) is 24.2 Å². The van der Waals surface area contributed by atoms with E-state index in [4.69, 9.17) is 4.74 Å². The number of rotatable bonds is 7. The number of hydrogen-bond acceptors (Lipinski definition) is 7. The van der Waals surface area contributed by atoms with Crippen LogP contribution in [0, 0.1) is 0 Å². The third-order valence-corrected chi connectivity index (χ3v) is 6.19. The Morgan fingerprint density at radius 3 is 2.81 bits per heavy atom. The summed E-state index contributed by atoms with van der Waals surface area (Å²) in [6, 6.07) is 4.32. The van der Waals surface area contributed by atoms with Gasteiger partial charge in [-0.25, -0.2) is 0 Å². The Kier molecular flexibility index (Phi) is 6.45. The molecule has 2 N–H and O–H groups in total. The van der Waals surface area contributed by atoms with Gasteiger partial charge in [0, 0.05) is 32.6 Å². The van der Waals surface area contributed by atoms with Crippen LogP contribution < -0.4 is 10.6 Å². The van der Waals surface area contributed by atoms with Crippen LogP contribution in [0.3, 0.4) is 0 Å². The van der Waals surface area contributed by atoms with Crippen LogP contribution in [-0.2, 0) is 20.7 Å². The first kappa shape index (κ1) is 21.6. The van der Waals surface area contributed by atoms with Gasteiger partial charge in [0.05, 0.1) is 23.8 Å². The standard InChI is InChI=1S/C22H28N4O5/c1-23-9-10-25-11-12-31-15(13-25)6-5-14-3-2-4-16-19(14)22(30)26(21(16)29)17-7-8-18(27)24-20(17)28/h2-4,15,17,23H,5-13H2,1H3,(H,24,27,28)/t15-,17?/m0/s1. The number of imide groups is 2. The van der Waals surface area contributed by atoms with E-state index in [-0.39, 0.29) is 24.9 Å². The fraction of sp³-hybridized carbons (Fsp3) is 0.545. The van der Waals surface area contributed by atoms with Crippen molar-refractivity contribution < 1.29 is 23.9 Å². The zero-order valence-electron chi connectivity index (χ0n) is 17.7. The van der Waals surface area contributed by atoms with Crippen molar-refractivity contribution in [3.05, 3.63) is 34.9 Å². The van der Waals surface area contributed by atoms with Crippen LogP contribution in [0.15, 0.2) is 18.2 Å². The maximum absolute atomic E-state index is 13.2. The lowest BCUT2D eigenvalue weighted by Crippen LogP contribution is -2.54. The minimum atomic E-state index is -0.944. The molecule has 166 valence electrons. The third-order valence-electron chi connectivity index (χ3n) is 6.19. The van der Waals surface area contributed by atoms with E-state index in [1.165, 1.54) is 0 Å². The van der Waals surface area contributed by atoms with E-state index in [9.17, 15) is 19.2 Å². The second kappa shape index (κ2) is 9.25. The van der Waals surface area contributed by atoms with E-state index in [0.717, 1.165) is 43.1 Å². The van der Waals surface area contributed by atoms with Crippen molar-refractivity contribution >= 4 is 23.6 Å². The molecule has 0 radical (unpaired) electrons. The van der Waals surface area contributed by atoms with Gasteiger partial charge in [-0.05, 0) is 37.9 Å². The molecule has 2 saturated heterocycles. The van der Waals surface area contributed by atoms with Crippen LogP contribution in [0.1, 0.15) is 45.5 Å². The Hall–Kier alpha value is -2.62. The summed E-state index contributed by atoms with van der Waals surface area (Å²) in [7, 11) is 1.93. The van der Waals surface area contributed by atoms with Gasteiger partial charge >= 0.3 is 0 Å². The van der Waals surface area contributed by atoms with Gasteiger partial charge < -0.3 is 10.1 Å². The number of hydrogen-bond donors (Lipinski definition) is 2. The molecule has 1 aromatic rings. The van der Waals surface area contributed by atoms with E-state index >= 15 is 0 Å². The molecular formula is C22H28N4O5. The Morgan fingerprint density at radius 1 is 1.19 bits per heavy atom. The van der Waals surface area contributed by atoms with Crippen molar-refractivity contribution in [1.29, 1.82) is 0 Å². The molecule has 9 heteroatoms. The highest BCUT2D eigenvalue weighted by molar-refractivity contribution is 6.24. The number of nitrogens with one attached hydrogen (secondary N) is 2. The highest BCUT2D eigenvalue weighted by Gasteiger charge is 2.45. The molecule has 9 nitrogen and oxygen atoms in total. The van der Waals surface area contributed by atoms with Gasteiger partial charge in [0.2, 0.25) is 11.8 Å². The molecule has 4 rings (SSSR count). The second-order valence-electron chi connectivity index (χ2n) is 8.22. The highest BCUT2D eigenvalue weighted by Crippen LogP contribution is 2.30. The van der Waals surface area contributed by atoms with Crippen molar-refractivity contribution in [3.8, 4) is 0 Å². The van der Waals surface area contributed by atoms with Gasteiger partial charge in [0.15, 0.2) is 0 Å². The van der Waals surface area contributed by atoms with Crippen LogP contribution in [0.5, 0.6) is 0 Å². The molecule has 0 aromatic heterocycles. The number of nitrogens with zero attached hydrogens (tertiary/aromatic N) is 2. The zero-order chi connectivity index (χ0) is 22.0. The third kappa shape index (κ3) is 4.39. The summed E-state index contributed by atoms with van der Waals surface area (Å²) >= 11 is 0. The average Bonchev–Trinajstić information content (AvgIpc) is 3.02. The lowest BCUT2D eigenvalue weighted by atomic mass is 9.97. The molecule has 3 aliphatic heterocycles. The lowest BCUT2D eigenvalue weighted by Gasteiger charge is -2.33. The number of carbonyl (C=O) groups is 4. The molecule has 4 amide bonds. The van der Waals surface area contributed by atoms with Crippen molar-refractivity contribution in [1.82, 2.24) is 20.4 Å². The van der Waals surface area contributed by atoms with E-state index in [1.54, 1.807) is 12.1 Å². The minimum absolute atomic E-state index is 0.0694. The molecule has 2 atom stereocenters. The summed E-state index contributed by atoms with van der Waals surface area (Å²) in [5.41, 5.74) is 1.49. The topological polar surface area (TPSA) is 108 Å². The van der Waals surface area contributed by atoms with Gasteiger partial charge in [0.25, 0.3) is 11.8 Å². The lowest BCUT2D eigenvalue weighted by molar-refractivity contribution is -0.136. The number of amides is 4. The SMILES string of the molecule is CNCCN1CCO[C@@H](CCc2cccc3c2C(=O)N(C2CCC(=O)NC2=O)C3=O)C1. The Morgan fingerprint density at radius 2 is 2.03 bits per heavy atom. The molecule has 0 saturated carbocycles. The van der Waals surface area contributed by atoms with Crippen molar-refractivity contribution in [2.24, 2.45) is 0 Å². The molecule has 1 aromatic carbocycles. The number of piperidine rings is 1. The van der Waals surface area contributed by atoms with Crippen LogP contribution in [-0.4, -0.2) is 85.4 Å². The van der Waals surface area contributed by atoms with Crippen LogP contribution >= 0.6 is 0 Å². The van der Waals surface area contributed by atoms with Gasteiger partial charge in [-0.15, -0.1) is 0 Å². The summed E-state index contributed by atoms with van der Waals surface area (Å²) < 4.78 is 5.91. The highest BCUT2D eigenvalue weighted by atomic mass is 16.5. The predicted octanol–water partition coefficient (Wildman–Crippen LogP) is -0.0594. The van der Waals surface area contributed by atoms with Gasteiger partial charge in [-0.1, -0.05) is 12.1 Å². The molecule has 1 unspecified atom stereocenters. The van der Waals surface area contributed by atoms with Crippen molar-refractivity contribution in [2.75, 3.05) is 39.8 Å². The molecule has 0 bridgehead atoms. The number of morpholine rings is 1. The Balaban J connectivity index is 1.46. The van der Waals surface area contributed by atoms with Gasteiger partial charge in [0.1, 0.15) is 6.04 Å². The summed E-state index contributed by atoms with van der Waals surface area (Å²) in [6.45, 7) is 4.32. The fourth-order valence-electron chi connectivity index (χ4n) is 4.54. The minimum Gasteiger partial charge on any atom is -0.376 e. The normalized spacial score (nSPS) is 24.5. The molecule has 31 heavy (non-hydrogen) atoms. The van der Waals surface area contributed by atoms with Crippen LogP contribution in [0.25, 0.3) is 0 Å². The van der Waals surface area contributed by atoms with Gasteiger partial charge in [-0.3, -0.25) is 34.3 Å². The number of benzene rings is 1. The molecule has 3 aliphatic rings. The number of fused-ring (bicyclic) bond motifs is 1. The largest absolute Gasteiger partial charge is 0.376 e. The maximum atomic E-state index is 13.2. The Bertz CT molecular complexity index is 902. The van der Waals surface area contributed by atoms with Crippen LogP contribution in [0.2, 0.25) is 0 Å². The van der Waals surface area contributed by atoms with E-state index in [1.807, 2.05) is 13.1 Å². The zero-order valence-corrected chi connectivity index (χ0v) is 17.7. The van der Waals surface area contributed by atoms with Crippen molar-refractivity contribution in [2.45, 2.75) is 37.8 Å². The molecule has 3 heterocycles. The summed E-state index contributed by atoms with van der Waals surface area (Å²) in [4.78, 5) is 53.2. The first-order valence-electron chi connectivity index (χ1n) is 10.8. The molecule has 2 fully saturated rings. The molecular weight excluding hydrogens is 400 g/mol. The first-order valence-corrected chi connectivity index (χ1v) is 10.8. The average molecular weight is 428 g/mol. The fourth-order valence-corrected chi connectivity index (χ4v) is 4.54. The van der Waals surface area contributed by atoms with Crippen LogP contribution in [0.4, 0.5) is 0 Å². The van der Waals surface area contributed by atoms with Crippen molar-refractivity contribution in [3.63, 3.8) is 0 Å². The Labute approximate surface area is 181 Å². The molecule has 0 spiro atoms. The smallest absolute Gasteiger partial charge is 0.262 e. The first-order chi connectivity index (χ1) is 15.0. The predicted molar refractivity (Wildman–Crippen MR) is 112 cm³/mol. The summed E-state index contributed by atoms with van der Waals surface area (Å²) in [5.74, 6) is -1.90.